The molecule has 65 heavy (non-hydrogen) atoms. The van der Waals surface area contributed by atoms with Gasteiger partial charge in [0.25, 0.3) is 0 Å². The van der Waals surface area contributed by atoms with Crippen molar-refractivity contribution in [2.45, 2.75) is 70.1 Å². The zero-order valence-corrected chi connectivity index (χ0v) is 36.9. The summed E-state index contributed by atoms with van der Waals surface area (Å²) >= 11 is 0. The number of carboxylic acid groups (broad SMARTS) is 1. The van der Waals surface area contributed by atoms with Gasteiger partial charge in [-0.05, 0) is 82.8 Å². The van der Waals surface area contributed by atoms with E-state index < -0.39 is 24.3 Å². The van der Waals surface area contributed by atoms with Gasteiger partial charge in [0.05, 0.1) is 43.0 Å². The first-order chi connectivity index (χ1) is 31.4. The second-order valence-corrected chi connectivity index (χ2v) is 17.4. The van der Waals surface area contributed by atoms with Crippen molar-refractivity contribution in [3.8, 4) is 33.6 Å². The minimum Gasteiger partial charge on any atom is -0.465 e. The number of hydrogen-bond acceptors (Lipinski definition) is 7. The third-order valence-electron chi connectivity index (χ3n) is 13.0. The molecular weight excluding hydrogens is 823 g/mol. The number of amides is 4. The molecule has 2 aliphatic heterocycles. The van der Waals surface area contributed by atoms with E-state index in [0.29, 0.717) is 31.2 Å². The number of imidazole rings is 2. The highest BCUT2D eigenvalue weighted by atomic mass is 16.5. The number of nitrogens with one attached hydrogen (secondary N) is 4. The van der Waals surface area contributed by atoms with E-state index in [0.717, 1.165) is 86.6 Å². The maximum atomic E-state index is 14.2. The van der Waals surface area contributed by atoms with Crippen LogP contribution in [0.2, 0.25) is 0 Å². The standard InChI is InChI=1S/C50H53N9O6/c1-29(2)44(56-49(62)63)48(61)59-22-8-12-43(59)46-52-27-40(54-46)35-20-19-33-23-32(17-18-34(33)24-35)30-13-15-31(16-14-30)39-26-51-45(53-39)42-11-7-21-58(42)47(60)38(55-50(64)65-4)25-36-28-57(3)41-10-6-5-9-37(36)41/h5-6,9-10,13-20,23-24,26-29,38,42-44,56H,7-8,11-12,21-22,25H2,1-4H3,(H,51,53)(H,52,54)(H,55,64)(H,62,63)/t38-,42+,43+,44+/m1/s1. The third kappa shape index (κ3) is 8.65. The lowest BCUT2D eigenvalue weighted by Crippen LogP contribution is -2.50. The molecule has 0 saturated carbocycles. The van der Waals surface area contributed by atoms with E-state index in [9.17, 15) is 24.3 Å². The molecule has 0 spiro atoms. The van der Waals surface area contributed by atoms with Crippen LogP contribution in [0.4, 0.5) is 9.59 Å². The van der Waals surface area contributed by atoms with Gasteiger partial charge < -0.3 is 44.8 Å². The van der Waals surface area contributed by atoms with E-state index in [1.54, 1.807) is 11.1 Å². The van der Waals surface area contributed by atoms with Gasteiger partial charge in [-0.25, -0.2) is 19.6 Å². The summed E-state index contributed by atoms with van der Waals surface area (Å²) < 4.78 is 6.96. The Hall–Kier alpha value is -7.42. The highest BCUT2D eigenvalue weighted by Gasteiger charge is 2.38. The van der Waals surface area contributed by atoms with Crippen LogP contribution in [0.5, 0.6) is 0 Å². The van der Waals surface area contributed by atoms with Crippen LogP contribution in [0.25, 0.3) is 55.3 Å². The number of ether oxygens (including phenoxy) is 1. The number of carbonyl (C=O) groups is 4. The Bertz CT molecular complexity index is 2900. The molecule has 5 N–H and O–H groups in total. The number of H-pyrrole nitrogens is 2. The smallest absolute Gasteiger partial charge is 0.407 e. The zero-order valence-electron chi connectivity index (χ0n) is 36.9. The van der Waals surface area contributed by atoms with Gasteiger partial charge in [-0.15, -0.1) is 0 Å². The number of para-hydroxylation sites is 1. The molecular formula is C50H53N9O6. The molecule has 4 aromatic carbocycles. The third-order valence-corrected chi connectivity index (χ3v) is 13.0. The van der Waals surface area contributed by atoms with E-state index in [2.05, 4.69) is 86.2 Å². The molecule has 0 radical (unpaired) electrons. The van der Waals surface area contributed by atoms with Crippen molar-refractivity contribution < 1.29 is 29.0 Å². The summed E-state index contributed by atoms with van der Waals surface area (Å²) in [6, 6.07) is 26.9. The van der Waals surface area contributed by atoms with Gasteiger partial charge in [0.1, 0.15) is 23.7 Å². The molecule has 5 heterocycles. The first-order valence-corrected chi connectivity index (χ1v) is 22.2. The number of hydrogen-bond donors (Lipinski definition) is 5. The molecule has 4 atom stereocenters. The Labute approximate surface area is 376 Å². The van der Waals surface area contributed by atoms with Crippen LogP contribution in [-0.2, 0) is 27.8 Å². The van der Waals surface area contributed by atoms with Crippen molar-refractivity contribution >= 4 is 45.7 Å². The Morgan fingerprint density at radius 3 is 1.95 bits per heavy atom. The maximum Gasteiger partial charge on any atom is 0.407 e. The zero-order chi connectivity index (χ0) is 45.4. The first kappa shape index (κ1) is 42.9. The number of nitrogens with zero attached hydrogens (tertiary/aromatic N) is 5. The lowest BCUT2D eigenvalue weighted by Gasteiger charge is -2.29. The number of likely N-dealkylation sites (tertiary alicyclic amines) is 2. The summed E-state index contributed by atoms with van der Waals surface area (Å²) in [6.07, 6.45) is 7.20. The average Bonchev–Trinajstić information content (AvgIpc) is 4.18. The number of fused-ring (bicyclic) bond motifs is 2. The Morgan fingerprint density at radius 1 is 0.754 bits per heavy atom. The number of aryl methyl sites for hydroxylation is 1. The highest BCUT2D eigenvalue weighted by molar-refractivity contribution is 5.91. The molecule has 4 amide bonds. The Balaban J connectivity index is 0.873. The summed E-state index contributed by atoms with van der Waals surface area (Å²) in [4.78, 5) is 71.6. The second kappa shape index (κ2) is 18.0. The number of alkyl carbamates (subject to hydrolysis) is 1. The number of methoxy groups -OCH3 is 1. The van der Waals surface area contributed by atoms with Gasteiger partial charge >= 0.3 is 12.2 Å². The molecule has 334 valence electrons. The van der Waals surface area contributed by atoms with Crippen molar-refractivity contribution in [3.05, 3.63) is 121 Å². The summed E-state index contributed by atoms with van der Waals surface area (Å²) in [6.45, 7) is 4.77. The van der Waals surface area contributed by atoms with E-state index in [1.807, 2.05) is 67.0 Å². The fraction of sp³-hybridized carbons (Fsp3) is 0.320. The van der Waals surface area contributed by atoms with Gasteiger partial charge in [-0.3, -0.25) is 9.59 Å². The van der Waals surface area contributed by atoms with Crippen LogP contribution in [0.3, 0.4) is 0 Å². The fourth-order valence-corrected chi connectivity index (χ4v) is 9.60. The predicted molar refractivity (Wildman–Crippen MR) is 248 cm³/mol. The van der Waals surface area contributed by atoms with Crippen LogP contribution in [0.1, 0.15) is 68.8 Å². The largest absolute Gasteiger partial charge is 0.465 e. The Morgan fingerprint density at radius 2 is 1.32 bits per heavy atom. The normalized spacial score (nSPS) is 17.2. The summed E-state index contributed by atoms with van der Waals surface area (Å²) in [5.74, 6) is 0.800. The summed E-state index contributed by atoms with van der Waals surface area (Å²) in [5.41, 5.74) is 7.79. The Kier molecular flexibility index (Phi) is 11.9. The van der Waals surface area contributed by atoms with Gasteiger partial charge in [-0.2, -0.15) is 0 Å². The van der Waals surface area contributed by atoms with E-state index in [1.165, 1.54) is 7.11 Å². The fourth-order valence-electron chi connectivity index (χ4n) is 9.60. The first-order valence-electron chi connectivity index (χ1n) is 22.2. The average molecular weight is 876 g/mol. The SMILES string of the molecule is COC(=O)N[C@H](Cc1cn(C)c2ccccc12)C(=O)N1CCC[C@H]1c1ncc(-c2ccc(-c3ccc4cc(-c5cnc([C@@H]6CCCN6C(=O)[C@@H](NC(=O)O)C(C)C)[nH]5)ccc4c3)cc2)[nH]1. The van der Waals surface area contributed by atoms with Crippen molar-refractivity contribution in [1.29, 1.82) is 0 Å². The maximum absolute atomic E-state index is 14.2. The van der Waals surface area contributed by atoms with Crippen LogP contribution in [-0.4, -0.2) is 95.7 Å². The van der Waals surface area contributed by atoms with E-state index in [4.69, 9.17) is 9.72 Å². The number of benzene rings is 4. The molecule has 0 bridgehead atoms. The van der Waals surface area contributed by atoms with Crippen molar-refractivity contribution in [3.63, 3.8) is 0 Å². The monoisotopic (exact) mass is 875 g/mol. The molecule has 0 aliphatic carbocycles. The molecule has 2 aliphatic rings. The molecule has 7 aromatic rings. The second-order valence-electron chi connectivity index (χ2n) is 17.4. The lowest BCUT2D eigenvalue weighted by molar-refractivity contribution is -0.135. The quantitative estimate of drug-likeness (QED) is 0.0809. The topological polar surface area (TPSA) is 191 Å². The summed E-state index contributed by atoms with van der Waals surface area (Å²) in [5, 5.41) is 17.7. The van der Waals surface area contributed by atoms with Crippen LogP contribution >= 0.6 is 0 Å². The van der Waals surface area contributed by atoms with Gasteiger partial charge in [0.2, 0.25) is 11.8 Å². The van der Waals surface area contributed by atoms with Gasteiger partial charge in [-0.1, -0.05) is 80.6 Å². The number of aromatic amines is 2. The molecule has 3 aromatic heterocycles. The van der Waals surface area contributed by atoms with Gasteiger partial charge in [0.15, 0.2) is 0 Å². The minimum absolute atomic E-state index is 0.175. The molecule has 15 nitrogen and oxygen atoms in total. The molecule has 9 rings (SSSR count). The highest BCUT2D eigenvalue weighted by Crippen LogP contribution is 2.36. The molecule has 2 fully saturated rings. The van der Waals surface area contributed by atoms with Gasteiger partial charge in [0, 0.05) is 49.2 Å². The van der Waals surface area contributed by atoms with Crippen LogP contribution in [0, 0.1) is 5.92 Å². The number of rotatable bonds is 12. The number of carbonyl (C=O) groups excluding carboxylic acids is 3. The van der Waals surface area contributed by atoms with Crippen molar-refractivity contribution in [2.24, 2.45) is 13.0 Å². The summed E-state index contributed by atoms with van der Waals surface area (Å²) in [7, 11) is 3.27. The molecule has 0 unspecified atom stereocenters. The van der Waals surface area contributed by atoms with E-state index in [-0.39, 0.29) is 29.8 Å². The predicted octanol–water partition coefficient (Wildman–Crippen LogP) is 8.37. The molecule has 2 saturated heterocycles. The lowest BCUT2D eigenvalue weighted by atomic mass is 9.98. The van der Waals surface area contributed by atoms with Crippen molar-refractivity contribution in [1.82, 2.24) is 44.9 Å². The van der Waals surface area contributed by atoms with Crippen molar-refractivity contribution in [2.75, 3.05) is 20.2 Å². The molecule has 15 heteroatoms. The van der Waals surface area contributed by atoms with E-state index >= 15 is 0 Å². The van der Waals surface area contributed by atoms with Crippen LogP contribution < -0.4 is 10.6 Å². The minimum atomic E-state index is -1.21. The van der Waals surface area contributed by atoms with Crippen LogP contribution in [0.15, 0.2) is 104 Å². The number of aromatic nitrogens is 5.